The molecule has 1 heterocycles. The van der Waals surface area contributed by atoms with Crippen LogP contribution >= 0.6 is 12.4 Å². The highest BCUT2D eigenvalue weighted by atomic mass is 35.5. The zero-order valence-corrected chi connectivity index (χ0v) is 9.83. The summed E-state index contributed by atoms with van der Waals surface area (Å²) in [4.78, 5) is 12.9. The Hall–Kier alpha value is -0.490. The highest BCUT2D eigenvalue weighted by Crippen LogP contribution is 2.21. The van der Waals surface area contributed by atoms with Crippen molar-refractivity contribution in [1.82, 2.24) is 10.2 Å². The number of alkyl halides is 3. The highest BCUT2D eigenvalue weighted by Gasteiger charge is 2.29. The summed E-state index contributed by atoms with van der Waals surface area (Å²) in [5.74, 6) is -0.402. The molecule has 7 heteroatoms. The molecule has 1 saturated heterocycles. The summed E-state index contributed by atoms with van der Waals surface area (Å²) in [5, 5.41) is 3.12. The van der Waals surface area contributed by atoms with Gasteiger partial charge in [-0.2, -0.15) is 13.2 Å². The van der Waals surface area contributed by atoms with E-state index in [0.29, 0.717) is 19.6 Å². The van der Waals surface area contributed by atoms with E-state index in [1.165, 1.54) is 4.90 Å². The number of amides is 1. The molecule has 0 aromatic carbocycles. The van der Waals surface area contributed by atoms with Gasteiger partial charge in [-0.15, -0.1) is 12.4 Å². The molecule has 0 bridgehead atoms. The van der Waals surface area contributed by atoms with Gasteiger partial charge in [0.2, 0.25) is 5.91 Å². The van der Waals surface area contributed by atoms with Crippen LogP contribution in [0.5, 0.6) is 0 Å². The van der Waals surface area contributed by atoms with Gasteiger partial charge in [0.05, 0.1) is 6.42 Å². The van der Waals surface area contributed by atoms with Crippen molar-refractivity contribution in [3.05, 3.63) is 0 Å². The minimum absolute atomic E-state index is 0. The number of piperazine rings is 1. The molecule has 0 aromatic heterocycles. The van der Waals surface area contributed by atoms with E-state index < -0.39 is 24.9 Å². The first kappa shape index (κ1) is 15.5. The molecule has 0 spiro atoms. The average Bonchev–Trinajstić information content (AvgIpc) is 2.13. The second-order valence-corrected chi connectivity index (χ2v) is 3.81. The molecule has 0 radical (unpaired) electrons. The van der Waals surface area contributed by atoms with Crippen LogP contribution in [-0.4, -0.2) is 42.7 Å². The molecule has 1 aliphatic rings. The minimum Gasteiger partial charge on any atom is -0.340 e. The third kappa shape index (κ3) is 5.55. The molecule has 0 saturated carbocycles. The first-order chi connectivity index (χ1) is 6.88. The number of halogens is 4. The number of hydrogen-bond donors (Lipinski definition) is 1. The van der Waals surface area contributed by atoms with Crippen molar-refractivity contribution in [2.45, 2.75) is 32.0 Å². The number of carbonyl (C=O) groups excluding carboxylic acids is 1. The third-order valence-corrected chi connectivity index (χ3v) is 2.34. The van der Waals surface area contributed by atoms with Crippen molar-refractivity contribution >= 4 is 18.3 Å². The summed E-state index contributed by atoms with van der Waals surface area (Å²) in [6, 6.07) is 0.161. The molecule has 0 aromatic rings. The van der Waals surface area contributed by atoms with Crippen LogP contribution in [0.2, 0.25) is 0 Å². The van der Waals surface area contributed by atoms with E-state index in [2.05, 4.69) is 5.32 Å². The number of rotatable bonds is 2. The van der Waals surface area contributed by atoms with E-state index in [0.717, 1.165) is 0 Å². The van der Waals surface area contributed by atoms with Gasteiger partial charge in [-0.3, -0.25) is 4.79 Å². The molecule has 1 N–H and O–H groups in total. The van der Waals surface area contributed by atoms with E-state index in [1.54, 1.807) is 0 Å². The molecule has 1 rings (SSSR count). The maximum atomic E-state index is 11.9. The number of nitrogens with zero attached hydrogens (tertiary/aromatic N) is 1. The topological polar surface area (TPSA) is 32.3 Å². The maximum absolute atomic E-state index is 11.9. The van der Waals surface area contributed by atoms with Crippen LogP contribution in [0, 0.1) is 0 Å². The highest BCUT2D eigenvalue weighted by molar-refractivity contribution is 5.85. The Morgan fingerprint density at radius 2 is 2.12 bits per heavy atom. The Bertz CT molecular complexity index is 235. The van der Waals surface area contributed by atoms with Crippen LogP contribution in [0.15, 0.2) is 0 Å². The lowest BCUT2D eigenvalue weighted by Crippen LogP contribution is -2.51. The van der Waals surface area contributed by atoms with Crippen LogP contribution < -0.4 is 5.32 Å². The van der Waals surface area contributed by atoms with Crippen molar-refractivity contribution < 1.29 is 18.0 Å². The van der Waals surface area contributed by atoms with Gasteiger partial charge in [0.15, 0.2) is 0 Å². The minimum atomic E-state index is -4.24. The molecule has 0 aliphatic carbocycles. The van der Waals surface area contributed by atoms with Crippen LogP contribution in [0.1, 0.15) is 19.8 Å². The SMILES string of the molecule is C[C@@H]1CN(C(=O)CCC(F)(F)F)CCN1.Cl. The van der Waals surface area contributed by atoms with Gasteiger partial charge in [0, 0.05) is 32.1 Å². The van der Waals surface area contributed by atoms with E-state index in [4.69, 9.17) is 0 Å². The molecule has 1 atom stereocenters. The van der Waals surface area contributed by atoms with Gasteiger partial charge in [0.25, 0.3) is 0 Å². The van der Waals surface area contributed by atoms with Crippen molar-refractivity contribution in [3.63, 3.8) is 0 Å². The van der Waals surface area contributed by atoms with E-state index in [1.807, 2.05) is 6.92 Å². The van der Waals surface area contributed by atoms with Gasteiger partial charge < -0.3 is 10.2 Å². The van der Waals surface area contributed by atoms with E-state index in [-0.39, 0.29) is 18.4 Å². The summed E-state index contributed by atoms with van der Waals surface area (Å²) in [7, 11) is 0. The number of carbonyl (C=O) groups is 1. The monoisotopic (exact) mass is 260 g/mol. The van der Waals surface area contributed by atoms with Crippen LogP contribution in [0.3, 0.4) is 0 Å². The Balaban J connectivity index is 0.00000225. The van der Waals surface area contributed by atoms with Crippen LogP contribution in [0.4, 0.5) is 13.2 Å². The summed E-state index contributed by atoms with van der Waals surface area (Å²) >= 11 is 0. The summed E-state index contributed by atoms with van der Waals surface area (Å²) in [6.45, 7) is 3.56. The molecule has 16 heavy (non-hydrogen) atoms. The summed E-state index contributed by atoms with van der Waals surface area (Å²) in [6.07, 6.45) is -5.70. The van der Waals surface area contributed by atoms with Crippen molar-refractivity contribution in [2.75, 3.05) is 19.6 Å². The molecule has 96 valence electrons. The standard InChI is InChI=1S/C9H15F3N2O.ClH/c1-7-6-14(5-4-13-7)8(15)2-3-9(10,11)12;/h7,13H,2-6H2,1H3;1H/t7-;/m1./s1. The molecule has 1 aliphatic heterocycles. The largest absolute Gasteiger partial charge is 0.389 e. The fourth-order valence-corrected chi connectivity index (χ4v) is 1.57. The zero-order chi connectivity index (χ0) is 11.5. The first-order valence-electron chi connectivity index (χ1n) is 4.96. The summed E-state index contributed by atoms with van der Waals surface area (Å²) < 4.78 is 35.6. The smallest absolute Gasteiger partial charge is 0.340 e. The van der Waals surface area contributed by atoms with Gasteiger partial charge in [-0.25, -0.2) is 0 Å². The predicted octanol–water partition coefficient (Wildman–Crippen LogP) is 1.57. The Morgan fingerprint density at radius 3 is 2.62 bits per heavy atom. The second-order valence-electron chi connectivity index (χ2n) is 3.81. The Kier molecular flexibility index (Phi) is 6.10. The van der Waals surface area contributed by atoms with Crippen LogP contribution in [-0.2, 0) is 4.79 Å². The molecular formula is C9H16ClF3N2O. The maximum Gasteiger partial charge on any atom is 0.389 e. The first-order valence-corrected chi connectivity index (χ1v) is 4.96. The molecule has 1 amide bonds. The normalized spacial score (nSPS) is 21.5. The average molecular weight is 261 g/mol. The predicted molar refractivity (Wildman–Crippen MR) is 56.6 cm³/mol. The zero-order valence-electron chi connectivity index (χ0n) is 9.01. The fourth-order valence-electron chi connectivity index (χ4n) is 1.57. The number of hydrogen-bond acceptors (Lipinski definition) is 2. The van der Waals surface area contributed by atoms with Gasteiger partial charge >= 0.3 is 6.18 Å². The molecule has 3 nitrogen and oxygen atoms in total. The molecule has 1 fully saturated rings. The number of nitrogens with one attached hydrogen (secondary N) is 1. The lowest BCUT2D eigenvalue weighted by molar-refractivity contribution is -0.149. The third-order valence-electron chi connectivity index (χ3n) is 2.34. The van der Waals surface area contributed by atoms with Crippen molar-refractivity contribution in [2.24, 2.45) is 0 Å². The van der Waals surface area contributed by atoms with Crippen molar-refractivity contribution in [3.8, 4) is 0 Å². The quantitative estimate of drug-likeness (QED) is 0.817. The summed E-state index contributed by atoms with van der Waals surface area (Å²) in [5.41, 5.74) is 0. The molecule has 0 unspecified atom stereocenters. The lowest BCUT2D eigenvalue weighted by Gasteiger charge is -2.32. The van der Waals surface area contributed by atoms with Crippen LogP contribution in [0.25, 0.3) is 0 Å². The van der Waals surface area contributed by atoms with Gasteiger partial charge in [0.1, 0.15) is 0 Å². The lowest BCUT2D eigenvalue weighted by atomic mass is 10.2. The second kappa shape index (κ2) is 6.30. The van der Waals surface area contributed by atoms with Crippen molar-refractivity contribution in [1.29, 1.82) is 0 Å². The Morgan fingerprint density at radius 1 is 1.50 bits per heavy atom. The fraction of sp³-hybridized carbons (Fsp3) is 0.889. The van der Waals surface area contributed by atoms with Gasteiger partial charge in [-0.05, 0) is 6.92 Å². The van der Waals surface area contributed by atoms with E-state index in [9.17, 15) is 18.0 Å². The van der Waals surface area contributed by atoms with E-state index >= 15 is 0 Å². The van der Waals surface area contributed by atoms with Gasteiger partial charge in [-0.1, -0.05) is 0 Å². The Labute approximate surface area is 98.8 Å². The molecular weight excluding hydrogens is 245 g/mol.